The van der Waals surface area contributed by atoms with Gasteiger partial charge in [0.2, 0.25) is 0 Å². The van der Waals surface area contributed by atoms with Crippen LogP contribution in [0.2, 0.25) is 0 Å². The average molecular weight is 184 g/mol. The van der Waals surface area contributed by atoms with Gasteiger partial charge in [-0.1, -0.05) is 20.8 Å². The second kappa shape index (κ2) is 3.29. The molecule has 0 aliphatic carbocycles. The molecule has 0 radical (unpaired) electrons. The minimum Gasteiger partial charge on any atom is -0.387 e. The van der Waals surface area contributed by atoms with E-state index in [1.165, 1.54) is 0 Å². The SMILES string of the molecule is CC1(N=C(N)C(C)(C)C)CCOC1. The van der Waals surface area contributed by atoms with Crippen molar-refractivity contribution in [1.29, 1.82) is 0 Å². The summed E-state index contributed by atoms with van der Waals surface area (Å²) >= 11 is 0. The number of ether oxygens (including phenoxy) is 1. The quantitative estimate of drug-likeness (QED) is 0.496. The molecule has 0 aromatic rings. The summed E-state index contributed by atoms with van der Waals surface area (Å²) in [4.78, 5) is 4.55. The third-order valence-electron chi connectivity index (χ3n) is 2.36. The molecule has 0 saturated carbocycles. The van der Waals surface area contributed by atoms with Crippen LogP contribution in [-0.4, -0.2) is 24.6 Å². The van der Waals surface area contributed by atoms with Gasteiger partial charge in [-0.3, -0.25) is 4.99 Å². The zero-order valence-corrected chi connectivity index (χ0v) is 9.05. The smallest absolute Gasteiger partial charge is 0.0999 e. The van der Waals surface area contributed by atoms with Crippen LogP contribution in [0.25, 0.3) is 0 Å². The van der Waals surface area contributed by atoms with Gasteiger partial charge in [0.15, 0.2) is 0 Å². The van der Waals surface area contributed by atoms with E-state index in [4.69, 9.17) is 10.5 Å². The van der Waals surface area contributed by atoms with Gasteiger partial charge in [-0.2, -0.15) is 0 Å². The molecule has 0 bridgehead atoms. The highest BCUT2D eigenvalue weighted by Crippen LogP contribution is 2.24. The first-order valence-electron chi connectivity index (χ1n) is 4.77. The fraction of sp³-hybridized carbons (Fsp3) is 0.900. The van der Waals surface area contributed by atoms with Gasteiger partial charge in [0.25, 0.3) is 0 Å². The fourth-order valence-corrected chi connectivity index (χ4v) is 1.20. The molecule has 2 N–H and O–H groups in total. The Bertz CT molecular complexity index is 209. The van der Waals surface area contributed by atoms with E-state index in [2.05, 4.69) is 32.7 Å². The zero-order valence-electron chi connectivity index (χ0n) is 9.05. The molecule has 1 fully saturated rings. The van der Waals surface area contributed by atoms with Crippen molar-refractivity contribution in [3.8, 4) is 0 Å². The Morgan fingerprint density at radius 1 is 1.46 bits per heavy atom. The van der Waals surface area contributed by atoms with Crippen molar-refractivity contribution in [2.45, 2.75) is 39.7 Å². The van der Waals surface area contributed by atoms with Crippen LogP contribution in [0, 0.1) is 5.41 Å². The molecule has 0 aromatic carbocycles. The summed E-state index contributed by atoms with van der Waals surface area (Å²) in [6.07, 6.45) is 0.976. The van der Waals surface area contributed by atoms with Crippen molar-refractivity contribution < 1.29 is 4.74 Å². The summed E-state index contributed by atoms with van der Waals surface area (Å²) in [6.45, 7) is 9.82. The van der Waals surface area contributed by atoms with E-state index in [0.29, 0.717) is 6.61 Å². The molecule has 76 valence electrons. The number of hydrogen-bond acceptors (Lipinski definition) is 2. The predicted octanol–water partition coefficient (Wildman–Crippen LogP) is 1.57. The zero-order chi connectivity index (χ0) is 10.1. The third kappa shape index (κ3) is 2.69. The highest BCUT2D eigenvalue weighted by Gasteiger charge is 2.30. The van der Waals surface area contributed by atoms with Crippen molar-refractivity contribution in [3.63, 3.8) is 0 Å². The first kappa shape index (κ1) is 10.5. The average Bonchev–Trinajstić information content (AvgIpc) is 2.33. The summed E-state index contributed by atoms with van der Waals surface area (Å²) in [5, 5.41) is 0. The number of nitrogens with two attached hydrogens (primary N) is 1. The molecule has 1 saturated heterocycles. The molecular weight excluding hydrogens is 164 g/mol. The van der Waals surface area contributed by atoms with E-state index in [1.54, 1.807) is 0 Å². The van der Waals surface area contributed by atoms with Gasteiger partial charge < -0.3 is 10.5 Å². The van der Waals surface area contributed by atoms with E-state index in [-0.39, 0.29) is 11.0 Å². The Labute approximate surface area is 80.4 Å². The van der Waals surface area contributed by atoms with Crippen molar-refractivity contribution in [3.05, 3.63) is 0 Å². The van der Waals surface area contributed by atoms with Crippen molar-refractivity contribution >= 4 is 5.84 Å². The monoisotopic (exact) mass is 184 g/mol. The molecule has 1 atom stereocenters. The highest BCUT2D eigenvalue weighted by molar-refractivity contribution is 5.85. The van der Waals surface area contributed by atoms with Gasteiger partial charge in [-0.05, 0) is 13.3 Å². The predicted molar refractivity (Wildman–Crippen MR) is 54.9 cm³/mol. The van der Waals surface area contributed by atoms with E-state index in [0.717, 1.165) is 18.9 Å². The van der Waals surface area contributed by atoms with Crippen LogP contribution < -0.4 is 5.73 Å². The topological polar surface area (TPSA) is 47.6 Å². The Hall–Kier alpha value is -0.570. The Morgan fingerprint density at radius 3 is 2.46 bits per heavy atom. The minimum absolute atomic E-state index is 0.0361. The van der Waals surface area contributed by atoms with Crippen molar-refractivity contribution in [2.24, 2.45) is 16.1 Å². The maximum Gasteiger partial charge on any atom is 0.0999 e. The molecule has 0 amide bonds. The molecular formula is C10H20N2O. The van der Waals surface area contributed by atoms with E-state index in [9.17, 15) is 0 Å². The van der Waals surface area contributed by atoms with Gasteiger partial charge >= 0.3 is 0 Å². The molecule has 13 heavy (non-hydrogen) atoms. The lowest BCUT2D eigenvalue weighted by Gasteiger charge is -2.23. The molecule has 1 aliphatic heterocycles. The maximum absolute atomic E-state index is 5.91. The normalized spacial score (nSPS) is 30.9. The van der Waals surface area contributed by atoms with Gasteiger partial charge in [-0.15, -0.1) is 0 Å². The van der Waals surface area contributed by atoms with Crippen LogP contribution >= 0.6 is 0 Å². The first-order chi connectivity index (χ1) is 5.83. The standard InChI is InChI=1S/C10H20N2O/c1-9(2,3)8(11)12-10(4)5-6-13-7-10/h5-7H2,1-4H3,(H2,11,12). The first-order valence-corrected chi connectivity index (χ1v) is 4.77. The third-order valence-corrected chi connectivity index (χ3v) is 2.36. The van der Waals surface area contributed by atoms with E-state index in [1.807, 2.05) is 0 Å². The molecule has 1 aliphatic rings. The number of hydrogen-bond donors (Lipinski definition) is 1. The van der Waals surface area contributed by atoms with Crippen molar-refractivity contribution in [2.75, 3.05) is 13.2 Å². The Kier molecular flexibility index (Phi) is 2.66. The number of amidine groups is 1. The molecule has 1 heterocycles. The summed E-state index contributed by atoms with van der Waals surface area (Å²) in [7, 11) is 0. The van der Waals surface area contributed by atoms with E-state index < -0.39 is 0 Å². The number of aliphatic imine (C=N–C) groups is 1. The van der Waals surface area contributed by atoms with Crippen LogP contribution in [0.5, 0.6) is 0 Å². The summed E-state index contributed by atoms with van der Waals surface area (Å²) in [5.41, 5.74) is 5.79. The van der Waals surface area contributed by atoms with Crippen LogP contribution in [0.3, 0.4) is 0 Å². The minimum atomic E-state index is -0.0859. The van der Waals surface area contributed by atoms with Gasteiger partial charge in [0.1, 0.15) is 0 Å². The number of nitrogens with zero attached hydrogens (tertiary/aromatic N) is 1. The molecule has 3 nitrogen and oxygen atoms in total. The molecule has 0 spiro atoms. The van der Waals surface area contributed by atoms with Crippen LogP contribution in [0.4, 0.5) is 0 Å². The molecule has 1 unspecified atom stereocenters. The van der Waals surface area contributed by atoms with Crippen LogP contribution in [0.1, 0.15) is 34.1 Å². The lowest BCUT2D eigenvalue weighted by Crippen LogP contribution is -2.34. The lowest BCUT2D eigenvalue weighted by molar-refractivity contribution is 0.182. The van der Waals surface area contributed by atoms with Crippen molar-refractivity contribution in [1.82, 2.24) is 0 Å². The van der Waals surface area contributed by atoms with Crippen LogP contribution in [-0.2, 0) is 4.74 Å². The second-order valence-corrected chi connectivity index (χ2v) is 5.05. The summed E-state index contributed by atoms with van der Waals surface area (Å²) in [5.74, 6) is 0.723. The maximum atomic E-state index is 5.91. The van der Waals surface area contributed by atoms with E-state index >= 15 is 0 Å². The summed E-state index contributed by atoms with van der Waals surface area (Å²) in [6, 6.07) is 0. The fourth-order valence-electron chi connectivity index (χ4n) is 1.20. The lowest BCUT2D eigenvalue weighted by atomic mass is 9.94. The Morgan fingerprint density at radius 2 is 2.08 bits per heavy atom. The largest absolute Gasteiger partial charge is 0.387 e. The van der Waals surface area contributed by atoms with Gasteiger partial charge in [-0.25, -0.2) is 0 Å². The summed E-state index contributed by atoms with van der Waals surface area (Å²) < 4.78 is 5.31. The number of rotatable bonds is 1. The Balaban J connectivity index is 2.74. The molecule has 1 rings (SSSR count). The van der Waals surface area contributed by atoms with Gasteiger partial charge in [0.05, 0.1) is 18.0 Å². The highest BCUT2D eigenvalue weighted by atomic mass is 16.5. The second-order valence-electron chi connectivity index (χ2n) is 5.05. The molecule has 3 heteroatoms. The molecule has 0 aromatic heterocycles. The van der Waals surface area contributed by atoms with Crippen LogP contribution in [0.15, 0.2) is 4.99 Å². The van der Waals surface area contributed by atoms with Gasteiger partial charge in [0, 0.05) is 12.0 Å².